The standard InChI is InChI=1S/C15H19NO4/c17-12-4-1-3-11(7-12)8-13(18)16-10-15(5-2-6-15)9-14(19)20/h1,3-4,7,17H,2,5-6,8-10H2,(H,16,18)(H,19,20). The Morgan fingerprint density at radius 1 is 1.30 bits per heavy atom. The molecule has 1 aliphatic rings. The summed E-state index contributed by atoms with van der Waals surface area (Å²) in [7, 11) is 0. The number of benzene rings is 1. The molecule has 1 saturated carbocycles. The van der Waals surface area contributed by atoms with E-state index in [0.29, 0.717) is 6.54 Å². The van der Waals surface area contributed by atoms with Crippen LogP contribution < -0.4 is 5.32 Å². The fraction of sp³-hybridized carbons (Fsp3) is 0.467. The van der Waals surface area contributed by atoms with Gasteiger partial charge in [-0.25, -0.2) is 0 Å². The predicted octanol–water partition coefficient (Wildman–Crippen LogP) is 1.70. The number of nitrogens with one attached hydrogen (secondary N) is 1. The van der Waals surface area contributed by atoms with Crippen molar-refractivity contribution in [3.63, 3.8) is 0 Å². The van der Waals surface area contributed by atoms with Gasteiger partial charge in [0.05, 0.1) is 12.8 Å². The highest BCUT2D eigenvalue weighted by molar-refractivity contribution is 5.78. The van der Waals surface area contributed by atoms with Crippen molar-refractivity contribution in [2.75, 3.05) is 6.54 Å². The number of carboxylic acids is 1. The molecule has 0 bridgehead atoms. The van der Waals surface area contributed by atoms with Crippen molar-refractivity contribution < 1.29 is 19.8 Å². The molecule has 1 aromatic rings. The quantitative estimate of drug-likeness (QED) is 0.738. The predicted molar refractivity (Wildman–Crippen MR) is 73.4 cm³/mol. The van der Waals surface area contributed by atoms with Crippen LogP contribution in [0.1, 0.15) is 31.2 Å². The summed E-state index contributed by atoms with van der Waals surface area (Å²) in [6.45, 7) is 0.414. The Morgan fingerprint density at radius 3 is 2.60 bits per heavy atom. The van der Waals surface area contributed by atoms with E-state index in [9.17, 15) is 14.7 Å². The average Bonchev–Trinajstić information content (AvgIpc) is 2.32. The van der Waals surface area contributed by atoms with Crippen LogP contribution in [-0.4, -0.2) is 28.6 Å². The van der Waals surface area contributed by atoms with Crippen LogP contribution in [0.3, 0.4) is 0 Å². The monoisotopic (exact) mass is 277 g/mol. The molecular weight excluding hydrogens is 258 g/mol. The number of phenols is 1. The SMILES string of the molecule is O=C(O)CC1(CNC(=O)Cc2cccc(O)c2)CCC1. The summed E-state index contributed by atoms with van der Waals surface area (Å²) in [5, 5.41) is 21.1. The number of amides is 1. The Morgan fingerprint density at radius 2 is 2.05 bits per heavy atom. The Labute approximate surface area is 117 Å². The van der Waals surface area contributed by atoms with Crippen LogP contribution in [-0.2, 0) is 16.0 Å². The molecule has 0 radical (unpaired) electrons. The Kier molecular flexibility index (Phi) is 4.27. The van der Waals surface area contributed by atoms with E-state index < -0.39 is 5.97 Å². The molecule has 108 valence electrons. The van der Waals surface area contributed by atoms with Crippen molar-refractivity contribution in [3.05, 3.63) is 29.8 Å². The molecule has 20 heavy (non-hydrogen) atoms. The maximum atomic E-state index is 11.9. The van der Waals surface area contributed by atoms with Gasteiger partial charge in [-0.1, -0.05) is 18.6 Å². The number of carbonyl (C=O) groups is 2. The second-order valence-corrected chi connectivity index (χ2v) is 5.55. The molecule has 5 heteroatoms. The highest BCUT2D eigenvalue weighted by Crippen LogP contribution is 2.43. The lowest BCUT2D eigenvalue weighted by Crippen LogP contribution is -2.43. The number of phenolic OH excluding ortho intramolecular Hbond substituents is 1. The molecule has 1 amide bonds. The number of carboxylic acid groups (broad SMARTS) is 1. The maximum Gasteiger partial charge on any atom is 0.303 e. The van der Waals surface area contributed by atoms with Crippen molar-refractivity contribution in [3.8, 4) is 5.75 Å². The molecule has 0 aromatic heterocycles. The lowest BCUT2D eigenvalue weighted by Gasteiger charge is -2.40. The normalized spacial score (nSPS) is 16.2. The molecule has 0 unspecified atom stereocenters. The van der Waals surface area contributed by atoms with Gasteiger partial charge < -0.3 is 15.5 Å². The van der Waals surface area contributed by atoms with Gasteiger partial charge >= 0.3 is 5.97 Å². The summed E-state index contributed by atoms with van der Waals surface area (Å²) >= 11 is 0. The third-order valence-electron chi connectivity index (χ3n) is 3.88. The molecule has 0 atom stereocenters. The van der Waals surface area contributed by atoms with Crippen LogP contribution in [0.25, 0.3) is 0 Å². The van der Waals surface area contributed by atoms with Crippen LogP contribution in [0.15, 0.2) is 24.3 Å². The lowest BCUT2D eigenvalue weighted by atomic mass is 9.66. The third kappa shape index (κ3) is 3.73. The summed E-state index contributed by atoms with van der Waals surface area (Å²) < 4.78 is 0. The Bertz CT molecular complexity index is 508. The minimum Gasteiger partial charge on any atom is -0.508 e. The first-order chi connectivity index (χ1) is 9.49. The van der Waals surface area contributed by atoms with E-state index in [1.165, 1.54) is 0 Å². The molecule has 1 aliphatic carbocycles. The molecule has 0 spiro atoms. The van der Waals surface area contributed by atoms with Gasteiger partial charge in [-0.3, -0.25) is 9.59 Å². The zero-order chi connectivity index (χ0) is 14.6. The fourth-order valence-corrected chi connectivity index (χ4v) is 2.61. The van der Waals surface area contributed by atoms with Gasteiger partial charge in [0.1, 0.15) is 5.75 Å². The van der Waals surface area contributed by atoms with Crippen molar-refractivity contribution in [1.29, 1.82) is 0 Å². The van der Waals surface area contributed by atoms with Crippen LogP contribution in [0.4, 0.5) is 0 Å². The van der Waals surface area contributed by atoms with E-state index in [2.05, 4.69) is 5.32 Å². The number of aliphatic carboxylic acids is 1. The summed E-state index contributed by atoms with van der Waals surface area (Å²) in [5.41, 5.74) is 0.476. The number of aromatic hydroxyl groups is 1. The van der Waals surface area contributed by atoms with Crippen molar-refractivity contribution in [2.45, 2.75) is 32.1 Å². The minimum atomic E-state index is -0.813. The zero-order valence-electron chi connectivity index (χ0n) is 11.3. The van der Waals surface area contributed by atoms with Crippen LogP contribution >= 0.6 is 0 Å². The molecule has 1 fully saturated rings. The van der Waals surface area contributed by atoms with E-state index in [0.717, 1.165) is 24.8 Å². The number of rotatable bonds is 6. The van der Waals surface area contributed by atoms with Gasteiger partial charge in [-0.15, -0.1) is 0 Å². The molecular formula is C15H19NO4. The van der Waals surface area contributed by atoms with Gasteiger partial charge in [0.15, 0.2) is 0 Å². The zero-order valence-corrected chi connectivity index (χ0v) is 11.3. The highest BCUT2D eigenvalue weighted by Gasteiger charge is 2.39. The molecule has 0 aliphatic heterocycles. The van der Waals surface area contributed by atoms with Gasteiger partial charge in [-0.05, 0) is 36.0 Å². The summed E-state index contributed by atoms with van der Waals surface area (Å²) in [4.78, 5) is 22.7. The number of hydrogen-bond acceptors (Lipinski definition) is 3. The number of hydrogen-bond donors (Lipinski definition) is 3. The maximum absolute atomic E-state index is 11.9. The van der Waals surface area contributed by atoms with E-state index in [4.69, 9.17) is 5.11 Å². The summed E-state index contributed by atoms with van der Waals surface area (Å²) in [5.74, 6) is -0.823. The second kappa shape index (κ2) is 5.94. The van der Waals surface area contributed by atoms with Crippen LogP contribution in [0.2, 0.25) is 0 Å². The smallest absolute Gasteiger partial charge is 0.303 e. The molecule has 0 saturated heterocycles. The Hall–Kier alpha value is -2.04. The topological polar surface area (TPSA) is 86.6 Å². The van der Waals surface area contributed by atoms with Gasteiger partial charge in [0, 0.05) is 6.54 Å². The van der Waals surface area contributed by atoms with E-state index in [-0.39, 0.29) is 29.9 Å². The Balaban J connectivity index is 1.84. The summed E-state index contributed by atoms with van der Waals surface area (Å²) in [6.07, 6.45) is 3.03. The first-order valence-corrected chi connectivity index (χ1v) is 6.76. The molecule has 5 nitrogen and oxygen atoms in total. The minimum absolute atomic E-state index is 0.111. The second-order valence-electron chi connectivity index (χ2n) is 5.55. The fourth-order valence-electron chi connectivity index (χ4n) is 2.61. The van der Waals surface area contributed by atoms with Gasteiger partial charge in [0.2, 0.25) is 5.91 Å². The number of carbonyl (C=O) groups excluding carboxylic acids is 1. The first-order valence-electron chi connectivity index (χ1n) is 6.76. The van der Waals surface area contributed by atoms with Crippen molar-refractivity contribution >= 4 is 11.9 Å². The van der Waals surface area contributed by atoms with E-state index in [1.54, 1.807) is 24.3 Å². The van der Waals surface area contributed by atoms with Crippen LogP contribution in [0.5, 0.6) is 5.75 Å². The first kappa shape index (κ1) is 14.4. The largest absolute Gasteiger partial charge is 0.508 e. The molecule has 1 aromatic carbocycles. The lowest BCUT2D eigenvalue weighted by molar-refractivity contribution is -0.141. The molecule has 2 rings (SSSR count). The highest BCUT2D eigenvalue weighted by atomic mass is 16.4. The van der Waals surface area contributed by atoms with E-state index in [1.807, 2.05) is 0 Å². The third-order valence-corrected chi connectivity index (χ3v) is 3.88. The summed E-state index contributed by atoms with van der Waals surface area (Å²) in [6, 6.07) is 6.57. The van der Waals surface area contributed by atoms with Gasteiger partial charge in [-0.2, -0.15) is 0 Å². The van der Waals surface area contributed by atoms with Crippen molar-refractivity contribution in [2.24, 2.45) is 5.41 Å². The van der Waals surface area contributed by atoms with Gasteiger partial charge in [0.25, 0.3) is 0 Å². The van der Waals surface area contributed by atoms with Crippen molar-refractivity contribution in [1.82, 2.24) is 5.32 Å². The van der Waals surface area contributed by atoms with Crippen LogP contribution in [0, 0.1) is 5.41 Å². The van der Waals surface area contributed by atoms with E-state index >= 15 is 0 Å². The molecule has 3 N–H and O–H groups in total. The molecule has 0 heterocycles. The average molecular weight is 277 g/mol.